The number of para-hydroxylation sites is 1. The van der Waals surface area contributed by atoms with Gasteiger partial charge in [-0.25, -0.2) is 4.68 Å². The fraction of sp³-hybridized carbons (Fsp3) is 0.318. The molecule has 0 unspecified atom stereocenters. The van der Waals surface area contributed by atoms with Crippen molar-refractivity contribution in [2.75, 3.05) is 6.54 Å². The Morgan fingerprint density at radius 2 is 1.88 bits per heavy atom. The highest BCUT2D eigenvalue weighted by Crippen LogP contribution is 2.23. The van der Waals surface area contributed by atoms with E-state index in [2.05, 4.69) is 25.7 Å². The van der Waals surface area contributed by atoms with Gasteiger partial charge in [0.25, 0.3) is 0 Å². The SMILES string of the molecule is Cl.N[C@H](Cc1ccccc1)C(=O)NC(=O)[C@@H]1CCCN1Cc1ccccc1-n1cnnn1. The molecule has 1 fully saturated rings. The van der Waals surface area contributed by atoms with E-state index >= 15 is 0 Å². The van der Waals surface area contributed by atoms with E-state index in [0.29, 0.717) is 19.4 Å². The van der Waals surface area contributed by atoms with Crippen LogP contribution in [0.4, 0.5) is 0 Å². The number of hydrogen-bond donors (Lipinski definition) is 2. The first kappa shape index (κ1) is 23.5. The molecule has 2 aromatic carbocycles. The summed E-state index contributed by atoms with van der Waals surface area (Å²) in [4.78, 5) is 27.4. The van der Waals surface area contributed by atoms with Gasteiger partial charge in [-0.05, 0) is 53.4 Å². The standard InChI is InChI=1S/C22H25N7O2.ClH/c23-18(13-16-7-2-1-3-8-16)21(30)25-22(31)20-11-6-12-28(20)14-17-9-4-5-10-19(17)29-15-24-26-27-29;/h1-5,7-10,15,18,20H,6,11-14,23H2,(H,25,30,31);1H/t18-,20+;/m1./s1. The molecule has 4 rings (SSSR count). The Labute approximate surface area is 192 Å². The minimum atomic E-state index is -0.776. The predicted molar refractivity (Wildman–Crippen MR) is 121 cm³/mol. The first-order chi connectivity index (χ1) is 15.1. The van der Waals surface area contributed by atoms with Gasteiger partial charge < -0.3 is 5.73 Å². The number of carbonyl (C=O) groups is 2. The zero-order chi connectivity index (χ0) is 21.6. The van der Waals surface area contributed by atoms with Gasteiger partial charge in [-0.1, -0.05) is 48.5 Å². The topological polar surface area (TPSA) is 119 Å². The molecule has 168 valence electrons. The van der Waals surface area contributed by atoms with Crippen LogP contribution in [-0.2, 0) is 22.6 Å². The van der Waals surface area contributed by atoms with Crippen molar-refractivity contribution in [1.29, 1.82) is 0 Å². The molecule has 1 aliphatic rings. The lowest BCUT2D eigenvalue weighted by Crippen LogP contribution is -2.50. The number of nitrogens with one attached hydrogen (secondary N) is 1. The van der Waals surface area contributed by atoms with Crippen molar-refractivity contribution in [1.82, 2.24) is 30.4 Å². The Morgan fingerprint density at radius 1 is 1.12 bits per heavy atom. The normalized spacial score (nSPS) is 16.8. The number of nitrogens with two attached hydrogens (primary N) is 1. The molecule has 0 saturated carbocycles. The minimum Gasteiger partial charge on any atom is -0.320 e. The number of hydrogen-bond acceptors (Lipinski definition) is 7. The molecular weight excluding hydrogens is 430 g/mol. The third-order valence-corrected chi connectivity index (χ3v) is 5.51. The van der Waals surface area contributed by atoms with Crippen molar-refractivity contribution in [3.05, 3.63) is 72.1 Å². The summed E-state index contributed by atoms with van der Waals surface area (Å²) in [6, 6.07) is 16.2. The monoisotopic (exact) mass is 455 g/mol. The smallest absolute Gasteiger partial charge is 0.243 e. The van der Waals surface area contributed by atoms with Gasteiger partial charge in [0.15, 0.2) is 0 Å². The molecule has 2 amide bonds. The van der Waals surface area contributed by atoms with Gasteiger partial charge in [-0.3, -0.25) is 19.8 Å². The maximum absolute atomic E-state index is 12.9. The minimum absolute atomic E-state index is 0. The van der Waals surface area contributed by atoms with E-state index in [1.165, 1.54) is 0 Å². The van der Waals surface area contributed by atoms with Gasteiger partial charge in [0.05, 0.1) is 17.8 Å². The van der Waals surface area contributed by atoms with Crippen LogP contribution in [-0.4, -0.2) is 55.5 Å². The van der Waals surface area contributed by atoms with Crippen molar-refractivity contribution < 1.29 is 9.59 Å². The van der Waals surface area contributed by atoms with E-state index in [9.17, 15) is 9.59 Å². The van der Waals surface area contributed by atoms with Crippen LogP contribution in [0.2, 0.25) is 0 Å². The Hall–Kier alpha value is -3.14. The van der Waals surface area contributed by atoms with E-state index in [1.807, 2.05) is 54.6 Å². The molecule has 9 nitrogen and oxygen atoms in total. The summed E-state index contributed by atoms with van der Waals surface area (Å²) in [5, 5.41) is 13.9. The highest BCUT2D eigenvalue weighted by Gasteiger charge is 2.32. The summed E-state index contributed by atoms with van der Waals surface area (Å²) in [5.41, 5.74) is 8.85. The number of tetrazole rings is 1. The van der Waals surface area contributed by atoms with Crippen LogP contribution < -0.4 is 11.1 Å². The largest absolute Gasteiger partial charge is 0.320 e. The molecule has 0 spiro atoms. The predicted octanol–water partition coefficient (Wildman–Crippen LogP) is 1.26. The maximum Gasteiger partial charge on any atom is 0.243 e. The first-order valence-electron chi connectivity index (χ1n) is 10.3. The van der Waals surface area contributed by atoms with Crippen LogP contribution in [0.15, 0.2) is 60.9 Å². The van der Waals surface area contributed by atoms with Crippen LogP contribution >= 0.6 is 12.4 Å². The summed E-state index contributed by atoms with van der Waals surface area (Å²) in [6.07, 6.45) is 3.50. The lowest BCUT2D eigenvalue weighted by Gasteiger charge is -2.25. The average Bonchev–Trinajstić information content (AvgIpc) is 3.47. The summed E-state index contributed by atoms with van der Waals surface area (Å²) < 4.78 is 1.60. The van der Waals surface area contributed by atoms with Gasteiger partial charge in [-0.2, -0.15) is 0 Å². The number of nitrogens with zero attached hydrogens (tertiary/aromatic N) is 5. The van der Waals surface area contributed by atoms with Crippen molar-refractivity contribution in [2.45, 2.75) is 37.9 Å². The van der Waals surface area contributed by atoms with E-state index in [1.54, 1.807) is 11.0 Å². The van der Waals surface area contributed by atoms with Crippen LogP contribution in [0.25, 0.3) is 5.69 Å². The molecule has 2 heterocycles. The van der Waals surface area contributed by atoms with Crippen LogP contribution in [0, 0.1) is 0 Å². The van der Waals surface area contributed by atoms with Crippen LogP contribution in [0.1, 0.15) is 24.0 Å². The average molecular weight is 456 g/mol. The third kappa shape index (κ3) is 5.56. The summed E-state index contributed by atoms with van der Waals surface area (Å²) in [7, 11) is 0. The highest BCUT2D eigenvalue weighted by molar-refractivity contribution is 6.00. The van der Waals surface area contributed by atoms with Crippen LogP contribution in [0.3, 0.4) is 0 Å². The van der Waals surface area contributed by atoms with Crippen molar-refractivity contribution in [3.8, 4) is 5.69 Å². The summed E-state index contributed by atoms with van der Waals surface area (Å²) >= 11 is 0. The van der Waals surface area contributed by atoms with Crippen molar-refractivity contribution in [2.24, 2.45) is 5.73 Å². The van der Waals surface area contributed by atoms with Gasteiger partial charge in [0.1, 0.15) is 6.33 Å². The van der Waals surface area contributed by atoms with Gasteiger partial charge in [-0.15, -0.1) is 17.5 Å². The molecular formula is C22H26ClN7O2. The second-order valence-corrected chi connectivity index (χ2v) is 7.66. The van der Waals surface area contributed by atoms with E-state index < -0.39 is 11.9 Å². The van der Waals surface area contributed by atoms with Gasteiger partial charge in [0, 0.05) is 6.54 Å². The molecule has 0 radical (unpaired) electrons. The number of benzene rings is 2. The zero-order valence-corrected chi connectivity index (χ0v) is 18.3. The number of imide groups is 1. The fourth-order valence-electron chi connectivity index (χ4n) is 3.93. The lowest BCUT2D eigenvalue weighted by molar-refractivity contribution is -0.133. The third-order valence-electron chi connectivity index (χ3n) is 5.51. The molecule has 0 aliphatic carbocycles. The lowest BCUT2D eigenvalue weighted by atomic mass is 10.1. The molecule has 3 N–H and O–H groups in total. The molecule has 3 aromatic rings. The van der Waals surface area contributed by atoms with E-state index in [4.69, 9.17) is 5.73 Å². The maximum atomic E-state index is 12.9. The second kappa shape index (κ2) is 10.9. The molecule has 0 bridgehead atoms. The Kier molecular flexibility index (Phi) is 8.04. The molecule has 1 aromatic heterocycles. The quantitative estimate of drug-likeness (QED) is 0.550. The molecule has 1 aliphatic heterocycles. The number of likely N-dealkylation sites (tertiary alicyclic amines) is 1. The molecule has 2 atom stereocenters. The highest BCUT2D eigenvalue weighted by atomic mass is 35.5. The Balaban J connectivity index is 0.00000289. The number of halogens is 1. The molecule has 10 heteroatoms. The summed E-state index contributed by atoms with van der Waals surface area (Å²) in [6.45, 7) is 1.32. The first-order valence-corrected chi connectivity index (χ1v) is 10.3. The van der Waals surface area contributed by atoms with Crippen molar-refractivity contribution in [3.63, 3.8) is 0 Å². The van der Waals surface area contributed by atoms with E-state index in [0.717, 1.165) is 29.8 Å². The fourth-order valence-corrected chi connectivity index (χ4v) is 3.93. The summed E-state index contributed by atoms with van der Waals surface area (Å²) in [5.74, 6) is -0.749. The number of carbonyl (C=O) groups excluding carboxylic acids is 2. The molecule has 1 saturated heterocycles. The van der Waals surface area contributed by atoms with E-state index in [-0.39, 0.29) is 24.4 Å². The Bertz CT molecular complexity index is 1030. The number of rotatable bonds is 7. The number of aromatic nitrogens is 4. The zero-order valence-electron chi connectivity index (χ0n) is 17.5. The van der Waals surface area contributed by atoms with Gasteiger partial charge in [0.2, 0.25) is 11.8 Å². The van der Waals surface area contributed by atoms with Gasteiger partial charge >= 0.3 is 0 Å². The number of amides is 2. The van der Waals surface area contributed by atoms with Crippen molar-refractivity contribution >= 4 is 24.2 Å². The second-order valence-electron chi connectivity index (χ2n) is 7.66. The Morgan fingerprint density at radius 3 is 2.62 bits per heavy atom. The molecule has 32 heavy (non-hydrogen) atoms. The van der Waals surface area contributed by atoms with Crippen LogP contribution in [0.5, 0.6) is 0 Å².